The summed E-state index contributed by atoms with van der Waals surface area (Å²) in [6, 6.07) is 26.2. The lowest BCUT2D eigenvalue weighted by Gasteiger charge is -2.31. The molecular formula is C25H23N4OSi. The summed E-state index contributed by atoms with van der Waals surface area (Å²) in [6.07, 6.45) is 0. The zero-order valence-electron chi connectivity index (χ0n) is 17.8. The molecular weight excluding hydrogens is 400 g/mol. The number of carbonyl (C=O) groups excluding carboxylic acids is 1. The first-order chi connectivity index (χ1) is 14.9. The Morgan fingerprint density at radius 1 is 0.742 bits per heavy atom. The second kappa shape index (κ2) is 8.50. The van der Waals surface area contributed by atoms with Crippen LogP contribution < -0.4 is 15.4 Å². The molecule has 0 fully saturated rings. The molecule has 1 aliphatic heterocycles. The largest absolute Gasteiger partial charge is 0.370 e. The molecule has 0 aliphatic carbocycles. The average molecular weight is 424 g/mol. The number of para-hydroxylation sites is 2. The number of hydrogen-bond donors (Lipinski definition) is 0. The van der Waals surface area contributed by atoms with Crippen LogP contribution in [-0.2, 0) is 0 Å². The van der Waals surface area contributed by atoms with Gasteiger partial charge in [0.25, 0.3) is 0 Å². The van der Waals surface area contributed by atoms with Gasteiger partial charge in [-0.2, -0.15) is 10.0 Å². The number of urea groups is 1. The van der Waals surface area contributed by atoms with Crippen LogP contribution in [0.3, 0.4) is 0 Å². The van der Waals surface area contributed by atoms with Crippen LogP contribution in [-0.4, -0.2) is 19.9 Å². The zero-order chi connectivity index (χ0) is 21.8. The van der Waals surface area contributed by atoms with Crippen molar-refractivity contribution in [1.82, 2.24) is 5.43 Å². The van der Waals surface area contributed by atoms with Crippen molar-refractivity contribution in [2.24, 2.45) is 5.10 Å². The van der Waals surface area contributed by atoms with Crippen LogP contribution in [0.25, 0.3) is 0 Å². The van der Waals surface area contributed by atoms with Crippen molar-refractivity contribution in [3.8, 4) is 11.5 Å². The van der Waals surface area contributed by atoms with E-state index >= 15 is 0 Å². The second-order valence-electron chi connectivity index (χ2n) is 8.18. The van der Waals surface area contributed by atoms with E-state index in [2.05, 4.69) is 41.6 Å². The third-order valence-electron chi connectivity index (χ3n) is 4.48. The number of amides is 2. The summed E-state index contributed by atoms with van der Waals surface area (Å²) >= 11 is 0. The Morgan fingerprint density at radius 2 is 1.29 bits per heavy atom. The van der Waals surface area contributed by atoms with Crippen molar-refractivity contribution in [2.75, 3.05) is 10.0 Å². The first-order valence-corrected chi connectivity index (χ1v) is 13.6. The number of hydrogen-bond acceptors (Lipinski definition) is 2. The molecule has 0 atom stereocenters. The van der Waals surface area contributed by atoms with Crippen LogP contribution in [0.4, 0.5) is 16.2 Å². The van der Waals surface area contributed by atoms with Gasteiger partial charge in [0.05, 0.1) is 11.4 Å². The molecule has 0 spiro atoms. The van der Waals surface area contributed by atoms with Crippen molar-refractivity contribution in [1.29, 1.82) is 0 Å². The van der Waals surface area contributed by atoms with Gasteiger partial charge in [0, 0.05) is 11.1 Å². The van der Waals surface area contributed by atoms with E-state index in [1.807, 2.05) is 84.9 Å². The molecule has 0 bridgehead atoms. The van der Waals surface area contributed by atoms with Gasteiger partial charge in [-0.25, -0.2) is 4.79 Å². The number of hydrazone groups is 1. The molecule has 3 aromatic carbocycles. The highest BCUT2D eigenvalue weighted by Gasteiger charge is 2.32. The Hall–Kier alpha value is -3.82. The monoisotopic (exact) mass is 423 g/mol. The van der Waals surface area contributed by atoms with E-state index in [1.165, 1.54) is 10.0 Å². The number of carbonyl (C=O) groups is 1. The maximum absolute atomic E-state index is 13.2. The van der Waals surface area contributed by atoms with Gasteiger partial charge in [0.15, 0.2) is 5.84 Å². The van der Waals surface area contributed by atoms with Crippen LogP contribution >= 0.6 is 0 Å². The number of nitrogens with zero attached hydrogens (tertiary/aromatic N) is 4. The molecule has 1 radical (unpaired) electrons. The third kappa shape index (κ3) is 4.85. The highest BCUT2D eigenvalue weighted by atomic mass is 28.3. The predicted octanol–water partition coefficient (Wildman–Crippen LogP) is 5.24. The molecule has 5 nitrogen and oxygen atoms in total. The van der Waals surface area contributed by atoms with E-state index < -0.39 is 8.07 Å². The molecule has 0 N–H and O–H groups in total. The summed E-state index contributed by atoms with van der Waals surface area (Å²) in [7, 11) is -1.44. The second-order valence-corrected chi connectivity index (χ2v) is 12.9. The van der Waals surface area contributed by atoms with E-state index in [0.29, 0.717) is 17.2 Å². The number of benzene rings is 3. The summed E-state index contributed by atoms with van der Waals surface area (Å²) in [4.78, 5) is 13.2. The lowest BCUT2D eigenvalue weighted by molar-refractivity contribution is 0.249. The van der Waals surface area contributed by atoms with Crippen molar-refractivity contribution < 1.29 is 4.79 Å². The molecule has 0 unspecified atom stereocenters. The molecule has 6 heteroatoms. The van der Waals surface area contributed by atoms with Gasteiger partial charge in [-0.15, -0.1) is 16.1 Å². The van der Waals surface area contributed by atoms with Crippen molar-refractivity contribution >= 4 is 31.3 Å². The number of amidine groups is 1. The summed E-state index contributed by atoms with van der Waals surface area (Å²) in [5.74, 6) is 3.71. The predicted molar refractivity (Wildman–Crippen MR) is 129 cm³/mol. The Morgan fingerprint density at radius 3 is 1.84 bits per heavy atom. The average Bonchev–Trinajstić information content (AvgIpc) is 2.79. The normalized spacial score (nSPS) is 13.8. The molecule has 153 valence electrons. The summed E-state index contributed by atoms with van der Waals surface area (Å²) in [5.41, 5.74) is 11.1. The van der Waals surface area contributed by atoms with Gasteiger partial charge < -0.3 is 0 Å². The van der Waals surface area contributed by atoms with Crippen LogP contribution in [0.2, 0.25) is 19.6 Å². The van der Waals surface area contributed by atoms with Gasteiger partial charge in [-0.05, 0) is 48.5 Å². The maximum atomic E-state index is 13.2. The first kappa shape index (κ1) is 20.4. The molecule has 0 saturated carbocycles. The van der Waals surface area contributed by atoms with Gasteiger partial charge in [-0.3, -0.25) is 0 Å². The minimum absolute atomic E-state index is 0.334. The molecule has 31 heavy (non-hydrogen) atoms. The standard InChI is InChI=1S/C25H23N4OSi/c1-31(2,3)19-18-20-14-16-21(17-15-20)24-26-28(22-10-6-4-7-11-22)25(30)29(27-24)23-12-8-5-9-13-23/h4-17H,1-3H3. The van der Waals surface area contributed by atoms with E-state index in [9.17, 15) is 4.79 Å². The Labute approximate surface area is 184 Å². The van der Waals surface area contributed by atoms with Gasteiger partial charge in [-0.1, -0.05) is 62.0 Å². The fraction of sp³-hybridized carbons (Fsp3) is 0.120. The fourth-order valence-electron chi connectivity index (χ4n) is 2.94. The summed E-state index contributed by atoms with van der Waals surface area (Å²) < 4.78 is 0. The topological polar surface area (TPSA) is 50.0 Å². The minimum Gasteiger partial charge on any atom is -0.244 e. The van der Waals surface area contributed by atoms with Crippen molar-refractivity contribution in [2.45, 2.75) is 19.6 Å². The van der Waals surface area contributed by atoms with Gasteiger partial charge in [0.1, 0.15) is 8.07 Å². The summed E-state index contributed by atoms with van der Waals surface area (Å²) in [5, 5.41) is 7.32. The smallest absolute Gasteiger partial charge is 0.244 e. The molecule has 1 aliphatic rings. The highest BCUT2D eigenvalue weighted by Crippen LogP contribution is 2.24. The molecule has 3 aromatic rings. The van der Waals surface area contributed by atoms with Crippen LogP contribution in [0.5, 0.6) is 0 Å². The van der Waals surface area contributed by atoms with Gasteiger partial charge in [0.2, 0.25) is 0 Å². The van der Waals surface area contributed by atoms with Crippen LogP contribution in [0.15, 0.2) is 90.0 Å². The molecule has 0 aromatic heterocycles. The Bertz CT molecular complexity index is 1160. The lowest BCUT2D eigenvalue weighted by atomic mass is 10.1. The molecule has 4 rings (SSSR count). The lowest BCUT2D eigenvalue weighted by Crippen LogP contribution is -2.52. The van der Waals surface area contributed by atoms with E-state index in [1.54, 1.807) is 0 Å². The Kier molecular flexibility index (Phi) is 5.61. The maximum Gasteiger partial charge on any atom is 0.370 e. The SMILES string of the molecule is C[Si](C)(C)C#Cc1ccc(C2=NN(c3ccccc3)C(=O)N(c3ccccc3)[N]2)cc1. The molecule has 2 amide bonds. The first-order valence-electron chi connectivity index (χ1n) is 10.1. The van der Waals surface area contributed by atoms with Crippen LogP contribution in [0, 0.1) is 11.5 Å². The van der Waals surface area contributed by atoms with E-state index in [0.717, 1.165) is 11.1 Å². The summed E-state index contributed by atoms with van der Waals surface area (Å²) in [6.45, 7) is 6.66. The van der Waals surface area contributed by atoms with Gasteiger partial charge >= 0.3 is 6.03 Å². The fourth-order valence-corrected chi connectivity index (χ4v) is 3.46. The van der Waals surface area contributed by atoms with Crippen molar-refractivity contribution in [3.63, 3.8) is 0 Å². The highest BCUT2D eigenvalue weighted by molar-refractivity contribution is 6.83. The van der Waals surface area contributed by atoms with E-state index in [4.69, 9.17) is 0 Å². The Balaban J connectivity index is 1.71. The minimum atomic E-state index is -1.44. The molecule has 0 saturated heterocycles. The zero-order valence-corrected chi connectivity index (χ0v) is 18.8. The van der Waals surface area contributed by atoms with E-state index in [-0.39, 0.29) is 6.03 Å². The quantitative estimate of drug-likeness (QED) is 0.420. The third-order valence-corrected chi connectivity index (χ3v) is 5.35. The van der Waals surface area contributed by atoms with Crippen LogP contribution in [0.1, 0.15) is 11.1 Å². The number of anilines is 2. The van der Waals surface area contributed by atoms with Crippen molar-refractivity contribution in [3.05, 3.63) is 96.1 Å². The number of rotatable bonds is 3. The molecule has 1 heterocycles.